The van der Waals surface area contributed by atoms with Gasteiger partial charge in [0.2, 0.25) is 0 Å². The van der Waals surface area contributed by atoms with Crippen molar-refractivity contribution in [3.05, 3.63) is 83.2 Å². The van der Waals surface area contributed by atoms with Crippen LogP contribution in [0.4, 0.5) is 5.69 Å². The Morgan fingerprint density at radius 2 is 1.83 bits per heavy atom. The standard InChI is InChI=1S/C23H26N4OS/c1-18-3-4-20(16-26-11-13-29-14-12-26)15-22(18)25-23(28)21-7-5-19(6-8-21)17-27-10-2-9-24-27/h2-10,15H,11-14,16-17H2,1H3,(H,25,28). The number of hydrogen-bond donors (Lipinski definition) is 1. The number of nitrogens with zero attached hydrogens (tertiary/aromatic N) is 3. The number of benzene rings is 2. The largest absolute Gasteiger partial charge is 0.322 e. The highest BCUT2D eigenvalue weighted by Crippen LogP contribution is 2.20. The lowest BCUT2D eigenvalue weighted by Gasteiger charge is -2.26. The first-order valence-electron chi connectivity index (χ1n) is 9.95. The first kappa shape index (κ1) is 19.7. The second kappa shape index (κ2) is 9.29. The summed E-state index contributed by atoms with van der Waals surface area (Å²) in [7, 11) is 0. The second-order valence-electron chi connectivity index (χ2n) is 7.39. The summed E-state index contributed by atoms with van der Waals surface area (Å²) >= 11 is 2.02. The number of carbonyl (C=O) groups excluding carboxylic acids is 1. The van der Waals surface area contributed by atoms with E-state index in [0.717, 1.165) is 36.4 Å². The molecule has 5 nitrogen and oxygen atoms in total. The van der Waals surface area contributed by atoms with Crippen molar-refractivity contribution in [1.82, 2.24) is 14.7 Å². The third-order valence-corrected chi connectivity index (χ3v) is 6.12. The molecule has 1 fully saturated rings. The Bertz CT molecular complexity index is 948. The molecule has 0 bridgehead atoms. The number of rotatable bonds is 6. The third-order valence-electron chi connectivity index (χ3n) is 5.18. The summed E-state index contributed by atoms with van der Waals surface area (Å²) in [6.45, 7) is 5.93. The van der Waals surface area contributed by atoms with Gasteiger partial charge in [-0.3, -0.25) is 14.4 Å². The van der Waals surface area contributed by atoms with Crippen LogP contribution in [0.15, 0.2) is 60.9 Å². The number of carbonyl (C=O) groups is 1. The van der Waals surface area contributed by atoms with Gasteiger partial charge < -0.3 is 5.32 Å². The zero-order valence-corrected chi connectivity index (χ0v) is 17.5. The van der Waals surface area contributed by atoms with E-state index in [0.29, 0.717) is 12.1 Å². The van der Waals surface area contributed by atoms with E-state index in [1.54, 1.807) is 6.20 Å². The van der Waals surface area contributed by atoms with E-state index in [1.165, 1.54) is 17.1 Å². The van der Waals surface area contributed by atoms with E-state index in [4.69, 9.17) is 0 Å². The Morgan fingerprint density at radius 1 is 1.07 bits per heavy atom. The quantitative estimate of drug-likeness (QED) is 0.671. The van der Waals surface area contributed by atoms with Gasteiger partial charge in [-0.25, -0.2) is 0 Å². The zero-order chi connectivity index (χ0) is 20.1. The summed E-state index contributed by atoms with van der Waals surface area (Å²) in [6.07, 6.45) is 3.70. The molecule has 2 heterocycles. The molecule has 3 aromatic rings. The monoisotopic (exact) mass is 406 g/mol. The van der Waals surface area contributed by atoms with E-state index in [1.807, 2.05) is 59.9 Å². The van der Waals surface area contributed by atoms with Crippen molar-refractivity contribution in [1.29, 1.82) is 0 Å². The maximum Gasteiger partial charge on any atom is 0.255 e. The molecule has 1 aliphatic rings. The van der Waals surface area contributed by atoms with Crippen molar-refractivity contribution in [2.45, 2.75) is 20.0 Å². The second-order valence-corrected chi connectivity index (χ2v) is 8.62. The molecule has 0 unspecified atom stereocenters. The number of nitrogens with one attached hydrogen (secondary N) is 1. The summed E-state index contributed by atoms with van der Waals surface area (Å²) in [5.74, 6) is 2.32. The topological polar surface area (TPSA) is 50.2 Å². The lowest BCUT2D eigenvalue weighted by Crippen LogP contribution is -2.32. The molecule has 1 aliphatic heterocycles. The van der Waals surface area contributed by atoms with Gasteiger partial charge in [0.25, 0.3) is 5.91 Å². The molecule has 0 atom stereocenters. The maximum atomic E-state index is 12.8. The van der Waals surface area contributed by atoms with Crippen molar-refractivity contribution < 1.29 is 4.79 Å². The normalized spacial score (nSPS) is 14.7. The molecule has 6 heteroatoms. The van der Waals surface area contributed by atoms with Crippen LogP contribution in [0.5, 0.6) is 0 Å². The van der Waals surface area contributed by atoms with Gasteiger partial charge in [-0.15, -0.1) is 0 Å². The van der Waals surface area contributed by atoms with Crippen LogP contribution < -0.4 is 5.32 Å². The SMILES string of the molecule is Cc1ccc(CN2CCSCC2)cc1NC(=O)c1ccc(Cn2cccn2)cc1. The third kappa shape index (κ3) is 5.28. The van der Waals surface area contributed by atoms with Crippen LogP contribution in [0.3, 0.4) is 0 Å². The Hall–Kier alpha value is -2.57. The van der Waals surface area contributed by atoms with Gasteiger partial charge in [0, 0.05) is 54.8 Å². The van der Waals surface area contributed by atoms with Crippen LogP contribution in [0.1, 0.15) is 27.0 Å². The molecule has 0 aliphatic carbocycles. The Balaban J connectivity index is 1.41. The van der Waals surface area contributed by atoms with Gasteiger partial charge in [0.1, 0.15) is 0 Å². The first-order chi connectivity index (χ1) is 14.2. The van der Waals surface area contributed by atoms with E-state index in [9.17, 15) is 4.79 Å². The molecule has 0 spiro atoms. The number of hydrogen-bond acceptors (Lipinski definition) is 4. The maximum absolute atomic E-state index is 12.8. The summed E-state index contributed by atoms with van der Waals surface area (Å²) in [5.41, 5.74) is 4.98. The van der Waals surface area contributed by atoms with Crippen molar-refractivity contribution in [2.75, 3.05) is 29.9 Å². The number of thioether (sulfide) groups is 1. The van der Waals surface area contributed by atoms with E-state index >= 15 is 0 Å². The minimum atomic E-state index is -0.0785. The van der Waals surface area contributed by atoms with Crippen LogP contribution in [-0.4, -0.2) is 45.2 Å². The van der Waals surface area contributed by atoms with Crippen molar-refractivity contribution in [2.24, 2.45) is 0 Å². The molecule has 4 rings (SSSR count). The van der Waals surface area contributed by atoms with Crippen molar-refractivity contribution in [3.63, 3.8) is 0 Å². The molecule has 0 radical (unpaired) electrons. The van der Waals surface area contributed by atoms with Gasteiger partial charge in [0.05, 0.1) is 6.54 Å². The van der Waals surface area contributed by atoms with Gasteiger partial charge in [-0.05, 0) is 47.9 Å². The highest BCUT2D eigenvalue weighted by Gasteiger charge is 2.13. The fourth-order valence-corrected chi connectivity index (χ4v) is 4.44. The van der Waals surface area contributed by atoms with Crippen LogP contribution in [0, 0.1) is 6.92 Å². The summed E-state index contributed by atoms with van der Waals surface area (Å²) in [6, 6.07) is 16.0. The van der Waals surface area contributed by atoms with Gasteiger partial charge >= 0.3 is 0 Å². The summed E-state index contributed by atoms with van der Waals surface area (Å²) < 4.78 is 1.87. The van der Waals surface area contributed by atoms with E-state index < -0.39 is 0 Å². The minimum absolute atomic E-state index is 0.0785. The van der Waals surface area contributed by atoms with Crippen LogP contribution >= 0.6 is 11.8 Å². The molecule has 1 saturated heterocycles. The molecular formula is C23H26N4OS. The average Bonchev–Trinajstić information content (AvgIpc) is 3.25. The first-order valence-corrected chi connectivity index (χ1v) is 11.1. The fraction of sp³-hybridized carbons (Fsp3) is 0.304. The van der Waals surface area contributed by atoms with E-state index in [-0.39, 0.29) is 5.91 Å². The van der Waals surface area contributed by atoms with Crippen molar-refractivity contribution >= 4 is 23.4 Å². The molecule has 2 aromatic carbocycles. The molecule has 1 aromatic heterocycles. The highest BCUT2D eigenvalue weighted by atomic mass is 32.2. The zero-order valence-electron chi connectivity index (χ0n) is 16.7. The molecule has 0 saturated carbocycles. The number of aryl methyl sites for hydroxylation is 1. The van der Waals surface area contributed by atoms with Crippen molar-refractivity contribution in [3.8, 4) is 0 Å². The van der Waals surface area contributed by atoms with E-state index in [2.05, 4.69) is 33.5 Å². The highest BCUT2D eigenvalue weighted by molar-refractivity contribution is 7.99. The minimum Gasteiger partial charge on any atom is -0.322 e. The fourth-order valence-electron chi connectivity index (χ4n) is 3.46. The average molecular weight is 407 g/mol. The predicted molar refractivity (Wildman–Crippen MR) is 120 cm³/mol. The molecule has 150 valence electrons. The molecule has 1 N–H and O–H groups in total. The summed E-state index contributed by atoms with van der Waals surface area (Å²) in [4.78, 5) is 15.2. The predicted octanol–water partition coefficient (Wildman–Crippen LogP) is 4.04. The lowest BCUT2D eigenvalue weighted by atomic mass is 10.1. The summed E-state index contributed by atoms with van der Waals surface area (Å²) in [5, 5.41) is 7.31. The van der Waals surface area contributed by atoms with Gasteiger partial charge in [-0.2, -0.15) is 16.9 Å². The van der Waals surface area contributed by atoms with Crippen LogP contribution in [-0.2, 0) is 13.1 Å². The molecule has 29 heavy (non-hydrogen) atoms. The number of anilines is 1. The van der Waals surface area contributed by atoms with Crippen LogP contribution in [0.2, 0.25) is 0 Å². The Labute approximate surface area is 176 Å². The molecular weight excluding hydrogens is 380 g/mol. The Morgan fingerprint density at radius 3 is 2.55 bits per heavy atom. The molecule has 1 amide bonds. The van der Waals surface area contributed by atoms with Gasteiger partial charge in [0.15, 0.2) is 0 Å². The Kier molecular flexibility index (Phi) is 6.32. The lowest BCUT2D eigenvalue weighted by molar-refractivity contribution is 0.102. The van der Waals surface area contributed by atoms with Gasteiger partial charge in [-0.1, -0.05) is 24.3 Å². The van der Waals surface area contributed by atoms with Crippen LogP contribution in [0.25, 0.3) is 0 Å². The smallest absolute Gasteiger partial charge is 0.255 e. The number of aromatic nitrogens is 2. The number of amides is 1.